The molecule has 3 heteroatoms. The van der Waals surface area contributed by atoms with E-state index in [0.29, 0.717) is 5.92 Å². The summed E-state index contributed by atoms with van der Waals surface area (Å²) < 4.78 is 5.96. The Balaban J connectivity index is 2.81. The van der Waals surface area contributed by atoms with Gasteiger partial charge in [-0.3, -0.25) is 0 Å². The fraction of sp³-hybridized carbons (Fsp3) is 1.00. The van der Waals surface area contributed by atoms with Gasteiger partial charge in [-0.15, -0.1) is 0 Å². The van der Waals surface area contributed by atoms with Gasteiger partial charge in [0.25, 0.3) is 0 Å². The smallest absolute Gasteiger partial charge is 0.0824 e. The zero-order valence-electron chi connectivity index (χ0n) is 10.8. The highest BCUT2D eigenvalue weighted by Crippen LogP contribution is 2.34. The highest BCUT2D eigenvalue weighted by molar-refractivity contribution is 4.98. The van der Waals surface area contributed by atoms with Gasteiger partial charge in [-0.1, -0.05) is 13.8 Å². The van der Waals surface area contributed by atoms with E-state index in [0.717, 1.165) is 6.42 Å². The normalized spacial score (nSPS) is 42.6. The van der Waals surface area contributed by atoms with E-state index in [9.17, 15) is 5.11 Å². The molecule has 1 aliphatic heterocycles. The van der Waals surface area contributed by atoms with E-state index in [4.69, 9.17) is 4.74 Å². The van der Waals surface area contributed by atoms with Crippen molar-refractivity contribution >= 4 is 0 Å². The maximum absolute atomic E-state index is 10.5. The second-order valence-electron chi connectivity index (χ2n) is 5.59. The van der Waals surface area contributed by atoms with Crippen molar-refractivity contribution in [3.05, 3.63) is 0 Å². The Morgan fingerprint density at radius 3 is 2.27 bits per heavy atom. The third-order valence-electron chi connectivity index (χ3n) is 3.39. The van der Waals surface area contributed by atoms with Crippen molar-refractivity contribution in [2.45, 2.75) is 58.0 Å². The molecule has 3 nitrogen and oxygen atoms in total. The van der Waals surface area contributed by atoms with E-state index in [1.54, 1.807) is 0 Å². The summed E-state index contributed by atoms with van der Waals surface area (Å²) in [7, 11) is 3.99. The Hall–Kier alpha value is -0.120. The standard InChI is InChI=1S/C12H25NO2/c1-8(2)10-7-12(4,14)11(13(5)6)9(3)15-10/h8-11,14H,7H2,1-6H3. The average Bonchev–Trinajstić information content (AvgIpc) is 1.99. The Morgan fingerprint density at radius 2 is 1.93 bits per heavy atom. The lowest BCUT2D eigenvalue weighted by Gasteiger charge is -2.48. The molecular formula is C12H25NO2. The lowest BCUT2D eigenvalue weighted by Crippen LogP contribution is -2.61. The van der Waals surface area contributed by atoms with Crippen LogP contribution in [-0.4, -0.2) is 48.0 Å². The monoisotopic (exact) mass is 215 g/mol. The maximum atomic E-state index is 10.5. The van der Waals surface area contributed by atoms with Gasteiger partial charge >= 0.3 is 0 Å². The minimum Gasteiger partial charge on any atom is -0.388 e. The molecule has 4 atom stereocenters. The first-order valence-corrected chi connectivity index (χ1v) is 5.80. The van der Waals surface area contributed by atoms with Gasteiger partial charge in [-0.2, -0.15) is 0 Å². The predicted octanol–water partition coefficient (Wildman–Crippen LogP) is 1.50. The summed E-state index contributed by atoms with van der Waals surface area (Å²) in [6.07, 6.45) is 0.972. The van der Waals surface area contributed by atoms with Crippen LogP contribution >= 0.6 is 0 Å². The summed E-state index contributed by atoms with van der Waals surface area (Å²) in [5.41, 5.74) is -0.657. The third kappa shape index (κ3) is 2.71. The molecule has 0 bridgehead atoms. The predicted molar refractivity (Wildman–Crippen MR) is 61.9 cm³/mol. The molecule has 90 valence electrons. The first-order chi connectivity index (χ1) is 6.75. The van der Waals surface area contributed by atoms with Crippen LogP contribution in [0.1, 0.15) is 34.1 Å². The quantitative estimate of drug-likeness (QED) is 0.758. The largest absolute Gasteiger partial charge is 0.388 e. The summed E-state index contributed by atoms with van der Waals surface area (Å²) in [6.45, 7) is 8.26. The van der Waals surface area contributed by atoms with Crippen molar-refractivity contribution in [3.63, 3.8) is 0 Å². The van der Waals surface area contributed by atoms with Crippen LogP contribution in [0.5, 0.6) is 0 Å². The van der Waals surface area contributed by atoms with E-state index >= 15 is 0 Å². The fourth-order valence-electron chi connectivity index (χ4n) is 2.80. The fourth-order valence-corrected chi connectivity index (χ4v) is 2.80. The topological polar surface area (TPSA) is 32.7 Å². The molecule has 0 aromatic heterocycles. The van der Waals surface area contributed by atoms with Crippen LogP contribution in [0.25, 0.3) is 0 Å². The third-order valence-corrected chi connectivity index (χ3v) is 3.39. The molecule has 0 radical (unpaired) electrons. The van der Waals surface area contributed by atoms with E-state index in [1.807, 2.05) is 27.9 Å². The molecule has 0 saturated carbocycles. The SMILES string of the molecule is CC(C)C1CC(C)(O)C(N(C)C)C(C)O1. The number of nitrogens with zero attached hydrogens (tertiary/aromatic N) is 1. The molecule has 1 saturated heterocycles. The number of rotatable bonds is 2. The molecule has 0 aromatic rings. The minimum absolute atomic E-state index is 0.0764. The highest BCUT2D eigenvalue weighted by atomic mass is 16.5. The Labute approximate surface area is 93.4 Å². The summed E-state index contributed by atoms with van der Waals surface area (Å²) in [6, 6.07) is 0.0764. The highest BCUT2D eigenvalue weighted by Gasteiger charge is 2.45. The van der Waals surface area contributed by atoms with Gasteiger partial charge in [-0.25, -0.2) is 0 Å². The molecule has 1 aliphatic rings. The van der Waals surface area contributed by atoms with Crippen LogP contribution in [0.3, 0.4) is 0 Å². The van der Waals surface area contributed by atoms with E-state index in [2.05, 4.69) is 18.7 Å². The Morgan fingerprint density at radius 1 is 1.40 bits per heavy atom. The molecule has 1 rings (SSSR count). The van der Waals surface area contributed by atoms with Crippen LogP contribution in [0.4, 0.5) is 0 Å². The first-order valence-electron chi connectivity index (χ1n) is 5.80. The maximum Gasteiger partial charge on any atom is 0.0824 e. The van der Waals surface area contributed by atoms with Crippen molar-refractivity contribution in [2.24, 2.45) is 5.92 Å². The average molecular weight is 215 g/mol. The number of hydrogen-bond donors (Lipinski definition) is 1. The van der Waals surface area contributed by atoms with Crippen LogP contribution < -0.4 is 0 Å². The van der Waals surface area contributed by atoms with E-state index < -0.39 is 5.60 Å². The summed E-state index contributed by atoms with van der Waals surface area (Å²) in [5.74, 6) is 0.460. The molecule has 1 N–H and O–H groups in total. The minimum atomic E-state index is -0.657. The van der Waals surface area contributed by atoms with Crippen molar-refractivity contribution < 1.29 is 9.84 Å². The summed E-state index contributed by atoms with van der Waals surface area (Å²) in [4.78, 5) is 2.06. The lowest BCUT2D eigenvalue weighted by atomic mass is 9.81. The second kappa shape index (κ2) is 4.40. The molecule has 1 heterocycles. The molecular weight excluding hydrogens is 190 g/mol. The Kier molecular flexibility index (Phi) is 3.80. The summed E-state index contributed by atoms with van der Waals surface area (Å²) in [5, 5.41) is 10.5. The van der Waals surface area contributed by atoms with Gasteiger partial charge in [0.05, 0.1) is 23.9 Å². The molecule has 0 amide bonds. The van der Waals surface area contributed by atoms with Crippen molar-refractivity contribution in [2.75, 3.05) is 14.1 Å². The molecule has 15 heavy (non-hydrogen) atoms. The van der Waals surface area contributed by atoms with E-state index in [1.165, 1.54) is 0 Å². The van der Waals surface area contributed by atoms with Gasteiger partial charge in [0.15, 0.2) is 0 Å². The zero-order chi connectivity index (χ0) is 11.8. The van der Waals surface area contributed by atoms with Crippen molar-refractivity contribution in [3.8, 4) is 0 Å². The first kappa shape index (κ1) is 12.9. The number of hydrogen-bond acceptors (Lipinski definition) is 3. The number of aliphatic hydroxyl groups is 1. The molecule has 0 spiro atoms. The summed E-state index contributed by atoms with van der Waals surface area (Å²) >= 11 is 0. The van der Waals surface area contributed by atoms with Crippen LogP contribution in [0.15, 0.2) is 0 Å². The van der Waals surface area contributed by atoms with Crippen molar-refractivity contribution in [1.82, 2.24) is 4.90 Å². The van der Waals surface area contributed by atoms with Gasteiger partial charge in [0.1, 0.15) is 0 Å². The molecule has 0 aromatic carbocycles. The molecule has 4 unspecified atom stereocenters. The van der Waals surface area contributed by atoms with Gasteiger partial charge in [0.2, 0.25) is 0 Å². The van der Waals surface area contributed by atoms with Crippen LogP contribution in [0.2, 0.25) is 0 Å². The Bertz CT molecular complexity index is 214. The lowest BCUT2D eigenvalue weighted by molar-refractivity contribution is -0.185. The van der Waals surface area contributed by atoms with E-state index in [-0.39, 0.29) is 18.2 Å². The van der Waals surface area contributed by atoms with Crippen LogP contribution in [-0.2, 0) is 4.74 Å². The zero-order valence-corrected chi connectivity index (χ0v) is 10.8. The second-order valence-corrected chi connectivity index (χ2v) is 5.59. The van der Waals surface area contributed by atoms with Gasteiger partial charge < -0.3 is 14.7 Å². The number of likely N-dealkylation sites (N-methyl/N-ethyl adjacent to an activating group) is 1. The van der Waals surface area contributed by atoms with Crippen LogP contribution in [0, 0.1) is 5.92 Å². The van der Waals surface area contributed by atoms with Gasteiger partial charge in [0, 0.05) is 6.42 Å². The molecule has 0 aliphatic carbocycles. The van der Waals surface area contributed by atoms with Gasteiger partial charge in [-0.05, 0) is 33.9 Å². The van der Waals surface area contributed by atoms with Crippen molar-refractivity contribution in [1.29, 1.82) is 0 Å². The molecule has 1 fully saturated rings. The number of ether oxygens (including phenoxy) is 1.